The van der Waals surface area contributed by atoms with Crippen LogP contribution in [-0.2, 0) is 6.54 Å². The average Bonchev–Trinajstić information content (AvgIpc) is 3.22. The molecule has 0 aliphatic carbocycles. The smallest absolute Gasteiger partial charge is 0.264 e. The highest BCUT2D eigenvalue weighted by atomic mass is 35.5. The van der Waals surface area contributed by atoms with Gasteiger partial charge in [-0.25, -0.2) is 9.97 Å². The molecule has 0 spiro atoms. The van der Waals surface area contributed by atoms with Gasteiger partial charge in [-0.1, -0.05) is 11.6 Å². The fourth-order valence-electron chi connectivity index (χ4n) is 2.59. The lowest BCUT2D eigenvalue weighted by Gasteiger charge is -2.05. The van der Waals surface area contributed by atoms with Crippen LogP contribution >= 0.6 is 22.9 Å². The van der Waals surface area contributed by atoms with E-state index in [-0.39, 0.29) is 12.1 Å². The Bertz CT molecular complexity index is 1210. The second-order valence-corrected chi connectivity index (χ2v) is 7.34. The number of nitrogens with zero attached hydrogens (tertiary/aromatic N) is 3. The number of hydrogen-bond donors (Lipinski definition) is 2. The van der Waals surface area contributed by atoms with Crippen LogP contribution in [0.15, 0.2) is 65.2 Å². The maximum absolute atomic E-state index is 12.4. The van der Waals surface area contributed by atoms with Crippen molar-refractivity contribution in [3.8, 4) is 22.0 Å². The van der Waals surface area contributed by atoms with E-state index in [0.29, 0.717) is 22.1 Å². The molecule has 0 fully saturated rings. The monoisotopic (exact) mass is 423 g/mol. The van der Waals surface area contributed by atoms with E-state index in [1.165, 1.54) is 17.5 Å². The summed E-state index contributed by atoms with van der Waals surface area (Å²) in [6, 6.07) is 10.6. The fraction of sp³-hybridized carbons (Fsp3) is 0.0500. The number of benzene rings is 1. The minimum Gasteiger partial charge on any atom is -0.346 e. The van der Waals surface area contributed by atoms with Gasteiger partial charge in [-0.3, -0.25) is 14.6 Å². The topological polar surface area (TPSA) is 101 Å². The molecule has 2 N–H and O–H groups in total. The van der Waals surface area contributed by atoms with E-state index in [2.05, 4.69) is 25.3 Å². The van der Waals surface area contributed by atoms with Crippen molar-refractivity contribution >= 4 is 28.8 Å². The predicted octanol–water partition coefficient (Wildman–Crippen LogP) is 3.54. The van der Waals surface area contributed by atoms with Gasteiger partial charge in [0.1, 0.15) is 16.4 Å². The first-order chi connectivity index (χ1) is 14.1. The maximum Gasteiger partial charge on any atom is 0.264 e. The van der Waals surface area contributed by atoms with Crippen molar-refractivity contribution in [1.29, 1.82) is 0 Å². The molecule has 29 heavy (non-hydrogen) atoms. The quantitative estimate of drug-likeness (QED) is 0.511. The molecule has 0 bridgehead atoms. The van der Waals surface area contributed by atoms with Crippen molar-refractivity contribution in [2.75, 3.05) is 0 Å². The van der Waals surface area contributed by atoms with Gasteiger partial charge < -0.3 is 10.3 Å². The van der Waals surface area contributed by atoms with E-state index in [9.17, 15) is 9.59 Å². The first-order valence-corrected chi connectivity index (χ1v) is 9.84. The maximum atomic E-state index is 12.4. The van der Waals surface area contributed by atoms with Gasteiger partial charge in [0.25, 0.3) is 11.5 Å². The first kappa shape index (κ1) is 19.0. The van der Waals surface area contributed by atoms with Crippen LogP contribution in [0.4, 0.5) is 0 Å². The van der Waals surface area contributed by atoms with Crippen LogP contribution in [0.5, 0.6) is 0 Å². The number of carbonyl (C=O) groups excluding carboxylic acids is 1. The first-order valence-electron chi connectivity index (χ1n) is 8.58. The Labute approximate surface area is 174 Å². The highest BCUT2D eigenvalue weighted by Gasteiger charge is 2.13. The van der Waals surface area contributed by atoms with Crippen LogP contribution in [0.1, 0.15) is 16.1 Å². The molecule has 3 aromatic heterocycles. The van der Waals surface area contributed by atoms with Gasteiger partial charge in [-0.15, -0.1) is 11.3 Å². The number of thiazole rings is 1. The van der Waals surface area contributed by atoms with Crippen LogP contribution in [0, 0.1) is 0 Å². The van der Waals surface area contributed by atoms with Gasteiger partial charge in [0.2, 0.25) is 0 Å². The SMILES string of the molecule is O=C(NCc1csc(-c2ccncc2)n1)c1cnc(-c2ccc(Cl)cc2)[nH]c1=O. The number of rotatable bonds is 5. The Morgan fingerprint density at radius 3 is 2.59 bits per heavy atom. The molecular formula is C20H14ClN5O2S. The zero-order valence-electron chi connectivity index (χ0n) is 14.9. The van der Waals surface area contributed by atoms with Crippen molar-refractivity contribution in [1.82, 2.24) is 25.3 Å². The van der Waals surface area contributed by atoms with Gasteiger partial charge in [-0.2, -0.15) is 0 Å². The van der Waals surface area contributed by atoms with Crippen LogP contribution in [-0.4, -0.2) is 25.8 Å². The Kier molecular flexibility index (Phi) is 5.46. The fourth-order valence-corrected chi connectivity index (χ4v) is 3.54. The number of halogens is 1. The molecule has 0 aliphatic rings. The summed E-state index contributed by atoms with van der Waals surface area (Å²) >= 11 is 7.34. The summed E-state index contributed by atoms with van der Waals surface area (Å²) in [5.41, 5.74) is 1.79. The number of aromatic nitrogens is 4. The van der Waals surface area contributed by atoms with E-state index >= 15 is 0 Å². The summed E-state index contributed by atoms with van der Waals surface area (Å²) in [5.74, 6) is -0.149. The summed E-state index contributed by atoms with van der Waals surface area (Å²) in [4.78, 5) is 40.0. The third-order valence-electron chi connectivity index (χ3n) is 4.07. The highest BCUT2D eigenvalue weighted by molar-refractivity contribution is 7.13. The molecule has 0 radical (unpaired) electrons. The molecule has 4 aromatic rings. The van der Waals surface area contributed by atoms with Crippen molar-refractivity contribution in [3.05, 3.63) is 87.0 Å². The lowest BCUT2D eigenvalue weighted by atomic mass is 10.2. The summed E-state index contributed by atoms with van der Waals surface area (Å²) < 4.78 is 0. The van der Waals surface area contributed by atoms with E-state index in [1.54, 1.807) is 36.7 Å². The molecule has 0 saturated carbocycles. The molecule has 1 aromatic carbocycles. The van der Waals surface area contributed by atoms with E-state index in [1.807, 2.05) is 17.5 Å². The van der Waals surface area contributed by atoms with Gasteiger partial charge in [0, 0.05) is 40.1 Å². The molecule has 4 rings (SSSR count). The normalized spacial score (nSPS) is 10.7. The summed E-state index contributed by atoms with van der Waals surface area (Å²) in [6.45, 7) is 0.207. The predicted molar refractivity (Wildman–Crippen MR) is 112 cm³/mol. The minimum atomic E-state index is -0.516. The average molecular weight is 424 g/mol. The molecule has 0 saturated heterocycles. The van der Waals surface area contributed by atoms with Crippen molar-refractivity contribution < 1.29 is 4.79 Å². The second-order valence-electron chi connectivity index (χ2n) is 6.04. The summed E-state index contributed by atoms with van der Waals surface area (Å²) in [7, 11) is 0. The van der Waals surface area contributed by atoms with Gasteiger partial charge in [0.05, 0.1) is 12.2 Å². The third-order valence-corrected chi connectivity index (χ3v) is 5.26. The Morgan fingerprint density at radius 2 is 1.86 bits per heavy atom. The zero-order valence-corrected chi connectivity index (χ0v) is 16.5. The number of hydrogen-bond acceptors (Lipinski definition) is 6. The number of aromatic amines is 1. The molecule has 0 atom stereocenters. The van der Waals surface area contributed by atoms with E-state index < -0.39 is 11.5 Å². The van der Waals surface area contributed by atoms with E-state index in [4.69, 9.17) is 11.6 Å². The van der Waals surface area contributed by atoms with Crippen LogP contribution in [0.25, 0.3) is 22.0 Å². The van der Waals surface area contributed by atoms with Crippen molar-refractivity contribution in [2.24, 2.45) is 0 Å². The summed E-state index contributed by atoms with van der Waals surface area (Å²) in [5, 5.41) is 5.99. The number of nitrogens with one attached hydrogen (secondary N) is 2. The van der Waals surface area contributed by atoms with Gasteiger partial charge >= 0.3 is 0 Å². The van der Waals surface area contributed by atoms with Crippen LogP contribution in [0.3, 0.4) is 0 Å². The number of carbonyl (C=O) groups is 1. The number of H-pyrrole nitrogens is 1. The molecule has 9 heteroatoms. The zero-order chi connectivity index (χ0) is 20.2. The largest absolute Gasteiger partial charge is 0.346 e. The van der Waals surface area contributed by atoms with Crippen LogP contribution in [0.2, 0.25) is 5.02 Å². The van der Waals surface area contributed by atoms with E-state index in [0.717, 1.165) is 10.6 Å². The van der Waals surface area contributed by atoms with Crippen LogP contribution < -0.4 is 10.9 Å². The van der Waals surface area contributed by atoms with Gasteiger partial charge in [0.15, 0.2) is 0 Å². The molecular weight excluding hydrogens is 410 g/mol. The highest BCUT2D eigenvalue weighted by Crippen LogP contribution is 2.22. The number of pyridine rings is 1. The van der Waals surface area contributed by atoms with Gasteiger partial charge in [-0.05, 0) is 36.4 Å². The second kappa shape index (κ2) is 8.34. The summed E-state index contributed by atoms with van der Waals surface area (Å²) in [6.07, 6.45) is 4.66. The molecule has 7 nitrogen and oxygen atoms in total. The molecule has 0 aliphatic heterocycles. The lowest BCUT2D eigenvalue weighted by Crippen LogP contribution is -2.29. The minimum absolute atomic E-state index is 0.0627. The lowest BCUT2D eigenvalue weighted by molar-refractivity contribution is 0.0948. The van der Waals surface area contributed by atoms with Crippen molar-refractivity contribution in [3.63, 3.8) is 0 Å². The number of amides is 1. The Balaban J connectivity index is 1.44. The molecule has 0 unspecified atom stereocenters. The molecule has 3 heterocycles. The third kappa shape index (κ3) is 4.39. The standard InChI is InChI=1S/C20H14ClN5O2S/c21-14-3-1-12(2-4-14)17-23-10-16(19(28)26-17)18(27)24-9-15-11-29-20(25-15)13-5-7-22-8-6-13/h1-8,10-11H,9H2,(H,24,27)(H,23,26,28). The Hall–Kier alpha value is -3.36. The molecule has 144 valence electrons. The van der Waals surface area contributed by atoms with Crippen molar-refractivity contribution in [2.45, 2.75) is 6.54 Å². The Morgan fingerprint density at radius 1 is 1.10 bits per heavy atom. The molecule has 1 amide bonds.